The van der Waals surface area contributed by atoms with Crippen molar-refractivity contribution in [2.75, 3.05) is 13.1 Å². The lowest BCUT2D eigenvalue weighted by Gasteiger charge is -2.31. The summed E-state index contributed by atoms with van der Waals surface area (Å²) in [7, 11) is 0. The maximum atomic E-state index is 12.1. The molecule has 1 aromatic heterocycles. The van der Waals surface area contributed by atoms with E-state index >= 15 is 0 Å². The quantitative estimate of drug-likeness (QED) is 0.858. The van der Waals surface area contributed by atoms with Crippen molar-refractivity contribution in [2.24, 2.45) is 5.92 Å². The van der Waals surface area contributed by atoms with E-state index in [-0.39, 0.29) is 5.63 Å². The Balaban J connectivity index is 1.82. The molecular formula is C20H25NO3. The lowest BCUT2D eigenvalue weighted by molar-refractivity contribution is 0.175. The molecular weight excluding hydrogens is 302 g/mol. The van der Waals surface area contributed by atoms with Crippen molar-refractivity contribution in [1.29, 1.82) is 0 Å². The average Bonchev–Trinajstić information content (AvgIpc) is 3.01. The first-order chi connectivity index (χ1) is 11.5. The monoisotopic (exact) mass is 327 g/mol. The number of likely N-dealkylation sites (tertiary alicyclic amines) is 1. The van der Waals surface area contributed by atoms with Crippen LogP contribution in [0.1, 0.15) is 48.4 Å². The van der Waals surface area contributed by atoms with E-state index in [1.807, 2.05) is 13.0 Å². The second kappa shape index (κ2) is 5.92. The van der Waals surface area contributed by atoms with Crippen LogP contribution in [0.3, 0.4) is 0 Å². The first kappa shape index (κ1) is 15.7. The molecule has 0 unspecified atom stereocenters. The van der Waals surface area contributed by atoms with Crippen LogP contribution in [-0.2, 0) is 19.4 Å². The summed E-state index contributed by atoms with van der Waals surface area (Å²) in [6, 6.07) is 1.93. The van der Waals surface area contributed by atoms with Gasteiger partial charge in [-0.3, -0.25) is 4.90 Å². The van der Waals surface area contributed by atoms with E-state index in [9.17, 15) is 9.90 Å². The Morgan fingerprint density at radius 3 is 2.88 bits per heavy atom. The molecule has 4 rings (SSSR count). The lowest BCUT2D eigenvalue weighted by atomic mass is 9.96. The number of hydrogen-bond acceptors (Lipinski definition) is 4. The van der Waals surface area contributed by atoms with Gasteiger partial charge in [-0.25, -0.2) is 4.79 Å². The van der Waals surface area contributed by atoms with Crippen molar-refractivity contribution in [3.8, 4) is 5.75 Å². The van der Waals surface area contributed by atoms with Crippen LogP contribution in [-0.4, -0.2) is 23.1 Å². The second-order valence-electron chi connectivity index (χ2n) is 7.58. The summed E-state index contributed by atoms with van der Waals surface area (Å²) in [4.78, 5) is 14.6. The van der Waals surface area contributed by atoms with Crippen molar-refractivity contribution >= 4 is 11.0 Å². The van der Waals surface area contributed by atoms with Crippen LogP contribution in [0.4, 0.5) is 0 Å². The van der Waals surface area contributed by atoms with E-state index in [0.717, 1.165) is 66.5 Å². The SMILES string of the molecule is Cc1cc2oc(=O)c3c(c2c(O)c1CN1CCC[C@@H](C)C1)CCC3. The molecule has 1 aromatic carbocycles. The molecule has 128 valence electrons. The van der Waals surface area contributed by atoms with Crippen molar-refractivity contribution in [1.82, 2.24) is 4.90 Å². The van der Waals surface area contributed by atoms with Crippen molar-refractivity contribution in [3.63, 3.8) is 0 Å². The minimum Gasteiger partial charge on any atom is -0.507 e. The summed E-state index contributed by atoms with van der Waals surface area (Å²) >= 11 is 0. The number of fused-ring (bicyclic) bond motifs is 3. The standard InChI is InChI=1S/C20H25NO3/c1-12-5-4-8-21(10-12)11-16-13(2)9-17-18(19(16)22)14-6-3-7-15(14)20(23)24-17/h9,12,22H,3-8,10-11H2,1-2H3/t12-/m1/s1. The summed E-state index contributed by atoms with van der Waals surface area (Å²) in [6.45, 7) is 7.23. The van der Waals surface area contributed by atoms with Gasteiger partial charge in [-0.2, -0.15) is 0 Å². The van der Waals surface area contributed by atoms with Gasteiger partial charge in [0.25, 0.3) is 0 Å². The molecule has 1 aliphatic carbocycles. The van der Waals surface area contributed by atoms with Gasteiger partial charge in [0.15, 0.2) is 0 Å². The summed E-state index contributed by atoms with van der Waals surface area (Å²) in [5.74, 6) is 1.04. The van der Waals surface area contributed by atoms with Gasteiger partial charge in [-0.15, -0.1) is 0 Å². The van der Waals surface area contributed by atoms with Gasteiger partial charge < -0.3 is 9.52 Å². The number of benzene rings is 1. The molecule has 0 saturated carbocycles. The fraction of sp³-hybridized carbons (Fsp3) is 0.550. The Morgan fingerprint density at radius 2 is 2.08 bits per heavy atom. The Labute approximate surface area is 142 Å². The first-order valence-corrected chi connectivity index (χ1v) is 9.07. The number of aromatic hydroxyl groups is 1. The zero-order valence-electron chi connectivity index (χ0n) is 14.5. The molecule has 4 nitrogen and oxygen atoms in total. The Morgan fingerprint density at radius 1 is 1.29 bits per heavy atom. The molecule has 0 radical (unpaired) electrons. The van der Waals surface area contributed by atoms with Gasteiger partial charge in [0.1, 0.15) is 11.3 Å². The topological polar surface area (TPSA) is 53.7 Å². The maximum Gasteiger partial charge on any atom is 0.339 e. The molecule has 2 aromatic rings. The highest BCUT2D eigenvalue weighted by molar-refractivity contribution is 5.90. The third kappa shape index (κ3) is 2.53. The Hall–Kier alpha value is -1.81. The molecule has 0 amide bonds. The molecule has 1 N–H and O–H groups in total. The molecule has 1 saturated heterocycles. The van der Waals surface area contributed by atoms with Crippen LogP contribution < -0.4 is 5.63 Å². The van der Waals surface area contributed by atoms with Gasteiger partial charge in [0.2, 0.25) is 0 Å². The fourth-order valence-electron chi connectivity index (χ4n) is 4.44. The Bertz CT molecular complexity index is 852. The molecule has 4 heteroatoms. The highest BCUT2D eigenvalue weighted by Gasteiger charge is 2.25. The minimum absolute atomic E-state index is 0.230. The number of piperidine rings is 1. The number of nitrogens with zero attached hydrogens (tertiary/aromatic N) is 1. The number of aryl methyl sites for hydroxylation is 2. The van der Waals surface area contributed by atoms with Gasteiger partial charge in [0, 0.05) is 24.2 Å². The molecule has 0 spiro atoms. The van der Waals surface area contributed by atoms with E-state index in [1.165, 1.54) is 12.8 Å². The fourth-order valence-corrected chi connectivity index (χ4v) is 4.44. The molecule has 2 aliphatic rings. The van der Waals surface area contributed by atoms with Crippen LogP contribution in [0.5, 0.6) is 5.75 Å². The highest BCUT2D eigenvalue weighted by atomic mass is 16.4. The van der Waals surface area contributed by atoms with Crippen molar-refractivity contribution in [2.45, 2.75) is 52.5 Å². The normalized spacial score (nSPS) is 21.3. The van der Waals surface area contributed by atoms with Crippen LogP contribution in [0.15, 0.2) is 15.3 Å². The molecule has 24 heavy (non-hydrogen) atoms. The number of rotatable bonds is 2. The van der Waals surface area contributed by atoms with Gasteiger partial charge in [-0.05, 0) is 68.7 Å². The third-order valence-corrected chi connectivity index (χ3v) is 5.68. The number of hydrogen-bond donors (Lipinski definition) is 1. The third-order valence-electron chi connectivity index (χ3n) is 5.68. The zero-order valence-corrected chi connectivity index (χ0v) is 14.5. The van der Waals surface area contributed by atoms with Crippen molar-refractivity contribution < 1.29 is 9.52 Å². The van der Waals surface area contributed by atoms with Crippen LogP contribution in [0, 0.1) is 12.8 Å². The largest absolute Gasteiger partial charge is 0.507 e. The second-order valence-corrected chi connectivity index (χ2v) is 7.58. The van der Waals surface area contributed by atoms with Gasteiger partial charge in [0.05, 0.1) is 5.39 Å². The number of phenolic OH excluding ortho intramolecular Hbond substituents is 1. The van der Waals surface area contributed by atoms with E-state index in [2.05, 4.69) is 11.8 Å². The average molecular weight is 327 g/mol. The zero-order chi connectivity index (χ0) is 16.8. The Kier molecular flexibility index (Phi) is 3.87. The smallest absolute Gasteiger partial charge is 0.339 e. The summed E-state index contributed by atoms with van der Waals surface area (Å²) in [5.41, 5.74) is 4.06. The molecule has 2 heterocycles. The minimum atomic E-state index is -0.230. The molecule has 1 aliphatic heterocycles. The summed E-state index contributed by atoms with van der Waals surface area (Å²) in [6.07, 6.45) is 5.09. The van der Waals surface area contributed by atoms with Crippen LogP contribution >= 0.6 is 0 Å². The predicted octanol–water partition coefficient (Wildman–Crippen LogP) is 3.53. The van der Waals surface area contributed by atoms with Crippen LogP contribution in [0.25, 0.3) is 11.0 Å². The first-order valence-electron chi connectivity index (χ1n) is 9.07. The van der Waals surface area contributed by atoms with E-state index in [0.29, 0.717) is 17.3 Å². The van der Waals surface area contributed by atoms with E-state index < -0.39 is 0 Å². The van der Waals surface area contributed by atoms with Gasteiger partial charge in [-0.1, -0.05) is 6.92 Å². The van der Waals surface area contributed by atoms with E-state index in [1.54, 1.807) is 0 Å². The number of phenols is 1. The van der Waals surface area contributed by atoms with Crippen LogP contribution in [0.2, 0.25) is 0 Å². The van der Waals surface area contributed by atoms with E-state index in [4.69, 9.17) is 4.42 Å². The highest BCUT2D eigenvalue weighted by Crippen LogP contribution is 2.38. The summed E-state index contributed by atoms with van der Waals surface area (Å²) < 4.78 is 5.50. The molecule has 1 fully saturated rings. The summed E-state index contributed by atoms with van der Waals surface area (Å²) in [5, 5.41) is 11.8. The van der Waals surface area contributed by atoms with Crippen molar-refractivity contribution in [3.05, 3.63) is 38.7 Å². The van der Waals surface area contributed by atoms with Gasteiger partial charge >= 0.3 is 5.63 Å². The molecule has 1 atom stereocenters. The maximum absolute atomic E-state index is 12.1. The predicted molar refractivity (Wildman–Crippen MR) is 94.6 cm³/mol. The molecule has 0 bridgehead atoms. The lowest BCUT2D eigenvalue weighted by Crippen LogP contribution is -2.33.